The zero-order valence-electron chi connectivity index (χ0n) is 23.0. The summed E-state index contributed by atoms with van der Waals surface area (Å²) in [5.74, 6) is 3.80. The van der Waals surface area contributed by atoms with Crippen LogP contribution in [-0.2, 0) is 18.5 Å². The lowest BCUT2D eigenvalue weighted by atomic mass is 9.67. The average molecular weight is 555 g/mol. The standard InChI is InChI=1S/C32H46N2O2S2/c37-18-16-33-22-26-20-28(10-12-30(26)35-24-33)32(14-8-6-4-2-1-3-5-7-9-15-32)29-11-13-31-27(21-29)23-34(17-19-38)25-36-31/h10-13,20-21,37-38H,1-9,14-19,22-25H2. The van der Waals surface area contributed by atoms with Gasteiger partial charge >= 0.3 is 0 Å². The van der Waals surface area contributed by atoms with Crippen LogP contribution in [-0.4, -0.2) is 47.9 Å². The molecule has 0 aromatic heterocycles. The van der Waals surface area contributed by atoms with Gasteiger partial charge in [-0.1, -0.05) is 69.9 Å². The molecule has 0 amide bonds. The molecule has 208 valence electrons. The minimum absolute atomic E-state index is 0.0148. The van der Waals surface area contributed by atoms with E-state index in [9.17, 15) is 0 Å². The second-order valence-corrected chi connectivity index (χ2v) is 12.4. The predicted molar refractivity (Wildman–Crippen MR) is 164 cm³/mol. The summed E-state index contributed by atoms with van der Waals surface area (Å²) >= 11 is 8.93. The third kappa shape index (κ3) is 6.68. The molecule has 0 unspecified atom stereocenters. The highest BCUT2D eigenvalue weighted by molar-refractivity contribution is 7.80. The van der Waals surface area contributed by atoms with Crippen LogP contribution in [0.5, 0.6) is 11.5 Å². The van der Waals surface area contributed by atoms with Crippen molar-refractivity contribution in [1.29, 1.82) is 0 Å². The second-order valence-electron chi connectivity index (χ2n) is 11.5. The Morgan fingerprint density at radius 3 is 1.45 bits per heavy atom. The molecular weight excluding hydrogens is 508 g/mol. The second kappa shape index (κ2) is 13.8. The number of rotatable bonds is 6. The Morgan fingerprint density at radius 1 is 0.605 bits per heavy atom. The smallest absolute Gasteiger partial charge is 0.142 e. The highest BCUT2D eigenvalue weighted by Gasteiger charge is 2.35. The molecule has 2 aliphatic heterocycles. The molecule has 38 heavy (non-hydrogen) atoms. The van der Waals surface area contributed by atoms with Gasteiger partial charge in [0.2, 0.25) is 0 Å². The molecule has 1 saturated carbocycles. The fourth-order valence-electron chi connectivity index (χ4n) is 6.71. The van der Waals surface area contributed by atoms with E-state index < -0.39 is 0 Å². The number of benzene rings is 2. The van der Waals surface area contributed by atoms with Crippen LogP contribution in [0.4, 0.5) is 0 Å². The Balaban J connectivity index is 1.53. The SMILES string of the molecule is SCCN1COc2ccc(C3(c4ccc5c(c4)CN(CCS)CO5)CCCCCCCCCCC3)cc2C1. The summed E-state index contributed by atoms with van der Waals surface area (Å²) in [7, 11) is 0. The van der Waals surface area contributed by atoms with E-state index in [0.29, 0.717) is 13.5 Å². The monoisotopic (exact) mass is 554 g/mol. The van der Waals surface area contributed by atoms with E-state index in [4.69, 9.17) is 9.47 Å². The topological polar surface area (TPSA) is 24.9 Å². The molecule has 0 atom stereocenters. The van der Waals surface area contributed by atoms with Crippen molar-refractivity contribution in [2.75, 3.05) is 38.1 Å². The Hall–Kier alpha value is -1.34. The summed E-state index contributed by atoms with van der Waals surface area (Å²) in [5.41, 5.74) is 5.59. The van der Waals surface area contributed by atoms with Crippen molar-refractivity contribution in [2.45, 2.75) is 89.1 Å². The van der Waals surface area contributed by atoms with Crippen molar-refractivity contribution in [3.8, 4) is 11.5 Å². The first-order valence-corrected chi connectivity index (χ1v) is 16.2. The summed E-state index contributed by atoms with van der Waals surface area (Å²) < 4.78 is 12.3. The van der Waals surface area contributed by atoms with Crippen LogP contribution in [0.25, 0.3) is 0 Å². The molecule has 5 rings (SSSR count). The van der Waals surface area contributed by atoms with E-state index in [2.05, 4.69) is 71.5 Å². The quantitative estimate of drug-likeness (QED) is 0.363. The van der Waals surface area contributed by atoms with Gasteiger partial charge in [0.25, 0.3) is 0 Å². The normalized spacial score (nSPS) is 21.2. The fraction of sp³-hybridized carbons (Fsp3) is 0.625. The van der Waals surface area contributed by atoms with Crippen LogP contribution in [0.2, 0.25) is 0 Å². The minimum Gasteiger partial charge on any atom is -0.478 e. The van der Waals surface area contributed by atoms with E-state index in [0.717, 1.165) is 49.2 Å². The summed E-state index contributed by atoms with van der Waals surface area (Å²) in [6.45, 7) is 5.10. The van der Waals surface area contributed by atoms with Crippen molar-refractivity contribution in [3.63, 3.8) is 0 Å². The Kier molecular flexibility index (Phi) is 10.3. The lowest BCUT2D eigenvalue weighted by Gasteiger charge is -2.38. The Bertz CT molecular complexity index is 965. The van der Waals surface area contributed by atoms with Crippen LogP contribution >= 0.6 is 25.3 Å². The summed E-state index contributed by atoms with van der Waals surface area (Å²) in [6.07, 6.45) is 14.5. The average Bonchev–Trinajstić information content (AvgIpc) is 2.93. The maximum absolute atomic E-state index is 6.15. The molecular formula is C32H46N2O2S2. The molecule has 3 aliphatic rings. The molecule has 0 N–H and O–H groups in total. The van der Waals surface area contributed by atoms with Gasteiger partial charge in [-0.05, 0) is 48.2 Å². The number of hydrogen-bond donors (Lipinski definition) is 2. The third-order valence-electron chi connectivity index (χ3n) is 8.86. The Labute approximate surface area is 241 Å². The van der Waals surface area contributed by atoms with Gasteiger partial charge in [0, 0.05) is 54.2 Å². The van der Waals surface area contributed by atoms with Gasteiger partial charge in [0.05, 0.1) is 0 Å². The minimum atomic E-state index is 0.0148. The first kappa shape index (κ1) is 28.2. The summed E-state index contributed by atoms with van der Waals surface area (Å²) in [4.78, 5) is 4.72. The molecule has 0 radical (unpaired) electrons. The number of hydrogen-bond acceptors (Lipinski definition) is 6. The molecule has 0 bridgehead atoms. The van der Waals surface area contributed by atoms with Crippen molar-refractivity contribution >= 4 is 25.3 Å². The van der Waals surface area contributed by atoms with E-state index in [1.165, 1.54) is 92.9 Å². The number of nitrogens with zero attached hydrogens (tertiary/aromatic N) is 2. The van der Waals surface area contributed by atoms with Gasteiger partial charge in [-0.2, -0.15) is 25.3 Å². The van der Waals surface area contributed by atoms with Crippen LogP contribution in [0.1, 0.15) is 92.9 Å². The van der Waals surface area contributed by atoms with Crippen LogP contribution in [0.15, 0.2) is 36.4 Å². The van der Waals surface area contributed by atoms with Crippen molar-refractivity contribution in [2.24, 2.45) is 0 Å². The summed E-state index contributed by atoms with van der Waals surface area (Å²) in [5, 5.41) is 0. The highest BCUT2D eigenvalue weighted by atomic mass is 32.1. The van der Waals surface area contributed by atoms with Crippen LogP contribution < -0.4 is 9.47 Å². The lowest BCUT2D eigenvalue weighted by Crippen LogP contribution is -2.35. The zero-order chi connectivity index (χ0) is 26.2. The molecule has 1 aliphatic carbocycles. The molecule has 0 spiro atoms. The summed E-state index contributed by atoms with van der Waals surface area (Å²) in [6, 6.07) is 14.2. The molecule has 1 fully saturated rings. The van der Waals surface area contributed by atoms with Gasteiger partial charge in [0.15, 0.2) is 0 Å². The van der Waals surface area contributed by atoms with Crippen molar-refractivity contribution in [3.05, 3.63) is 58.7 Å². The lowest BCUT2D eigenvalue weighted by molar-refractivity contribution is 0.102. The van der Waals surface area contributed by atoms with Gasteiger partial charge in [-0.15, -0.1) is 0 Å². The molecule has 2 aromatic rings. The van der Waals surface area contributed by atoms with E-state index in [-0.39, 0.29) is 5.41 Å². The molecule has 0 saturated heterocycles. The van der Waals surface area contributed by atoms with Gasteiger partial charge < -0.3 is 9.47 Å². The highest BCUT2D eigenvalue weighted by Crippen LogP contribution is 2.45. The largest absolute Gasteiger partial charge is 0.478 e. The van der Waals surface area contributed by atoms with Crippen molar-refractivity contribution < 1.29 is 9.47 Å². The molecule has 4 nitrogen and oxygen atoms in total. The van der Waals surface area contributed by atoms with E-state index >= 15 is 0 Å². The molecule has 2 heterocycles. The first-order chi connectivity index (χ1) is 18.7. The zero-order valence-corrected chi connectivity index (χ0v) is 24.8. The van der Waals surface area contributed by atoms with Gasteiger partial charge in [0.1, 0.15) is 25.0 Å². The fourth-order valence-corrected chi connectivity index (χ4v) is 7.27. The predicted octanol–water partition coefficient (Wildman–Crippen LogP) is 7.44. The maximum Gasteiger partial charge on any atom is 0.142 e. The maximum atomic E-state index is 6.15. The Morgan fingerprint density at radius 2 is 1.03 bits per heavy atom. The molecule has 2 aromatic carbocycles. The third-order valence-corrected chi connectivity index (χ3v) is 9.26. The molecule has 6 heteroatoms. The van der Waals surface area contributed by atoms with Crippen LogP contribution in [0, 0.1) is 0 Å². The van der Waals surface area contributed by atoms with Crippen molar-refractivity contribution in [1.82, 2.24) is 9.80 Å². The van der Waals surface area contributed by atoms with E-state index in [1.54, 1.807) is 0 Å². The van der Waals surface area contributed by atoms with Gasteiger partial charge in [-0.3, -0.25) is 9.80 Å². The number of fused-ring (bicyclic) bond motifs is 2. The number of ether oxygens (including phenoxy) is 2. The van der Waals surface area contributed by atoms with E-state index in [1.807, 2.05) is 0 Å². The van der Waals surface area contributed by atoms with Gasteiger partial charge in [-0.25, -0.2) is 0 Å². The van der Waals surface area contributed by atoms with Crippen LogP contribution in [0.3, 0.4) is 0 Å². The first-order valence-electron chi connectivity index (χ1n) is 14.9. The number of thiol groups is 2.